The molecule has 0 bridgehead atoms. The first kappa shape index (κ1) is 19.9. The van der Waals surface area contributed by atoms with Crippen LogP contribution in [0.3, 0.4) is 0 Å². The summed E-state index contributed by atoms with van der Waals surface area (Å²) in [4.78, 5) is 23.2. The molecule has 0 radical (unpaired) electrons. The number of benzene rings is 2. The molecule has 7 heteroatoms. The van der Waals surface area contributed by atoms with Crippen LogP contribution < -0.4 is 10.0 Å². The number of anilines is 1. The van der Waals surface area contributed by atoms with Crippen LogP contribution in [0.5, 0.6) is 0 Å². The minimum atomic E-state index is -1.04. The highest BCUT2D eigenvalue weighted by Gasteiger charge is 2.27. The van der Waals surface area contributed by atoms with Gasteiger partial charge in [-0.2, -0.15) is 4.73 Å². The van der Waals surface area contributed by atoms with E-state index < -0.39 is 5.97 Å². The molecule has 1 aliphatic rings. The second kappa shape index (κ2) is 8.16. The fraction of sp³-hybridized carbons (Fsp3) is 0.174. The van der Waals surface area contributed by atoms with Gasteiger partial charge in [-0.05, 0) is 72.4 Å². The number of carbonyl (C=O) groups is 2. The summed E-state index contributed by atoms with van der Waals surface area (Å²) in [7, 11) is 0. The van der Waals surface area contributed by atoms with E-state index in [9.17, 15) is 14.8 Å². The van der Waals surface area contributed by atoms with Crippen molar-refractivity contribution in [3.05, 3.63) is 87.8 Å². The maximum atomic E-state index is 12.5. The number of pyridine rings is 1. The first-order valence-electron chi connectivity index (χ1n) is 9.56. The Balaban J connectivity index is 1.49. The molecule has 0 spiro atoms. The van der Waals surface area contributed by atoms with E-state index in [4.69, 9.17) is 16.7 Å². The number of amides is 1. The van der Waals surface area contributed by atoms with Crippen LogP contribution in [-0.2, 0) is 11.2 Å². The standard InChI is InChI=1S/C23H19ClN2O4/c24-17-6-10-20(14-1-2-14)21(11-17)16-5-9-19(26(30)13-16)12-22(27)25-18-7-3-15(4-8-18)23(28)29/h3-11,13-14H,1-2,12H2,(H,25,27)(H,28,29). The molecule has 152 valence electrons. The van der Waals surface area contributed by atoms with Crippen LogP contribution in [0, 0.1) is 5.21 Å². The molecule has 0 aliphatic heterocycles. The summed E-state index contributed by atoms with van der Waals surface area (Å²) >= 11 is 6.17. The van der Waals surface area contributed by atoms with E-state index in [0.717, 1.165) is 24.0 Å². The van der Waals surface area contributed by atoms with E-state index in [-0.39, 0.29) is 17.9 Å². The number of hydrogen-bond donors (Lipinski definition) is 2. The second-order valence-electron chi connectivity index (χ2n) is 7.35. The van der Waals surface area contributed by atoms with Crippen molar-refractivity contribution in [2.45, 2.75) is 25.2 Å². The Hall–Kier alpha value is -3.38. The lowest BCUT2D eigenvalue weighted by Gasteiger charge is -2.11. The lowest BCUT2D eigenvalue weighted by atomic mass is 9.97. The third kappa shape index (κ3) is 4.44. The topological polar surface area (TPSA) is 93.3 Å². The highest BCUT2D eigenvalue weighted by atomic mass is 35.5. The molecule has 30 heavy (non-hydrogen) atoms. The minimum Gasteiger partial charge on any atom is -0.618 e. The quantitative estimate of drug-likeness (QED) is 0.455. The van der Waals surface area contributed by atoms with Gasteiger partial charge in [0.15, 0.2) is 6.20 Å². The van der Waals surface area contributed by atoms with Gasteiger partial charge in [-0.15, -0.1) is 0 Å². The van der Waals surface area contributed by atoms with Crippen molar-refractivity contribution in [1.82, 2.24) is 0 Å². The number of carboxylic acid groups (broad SMARTS) is 1. The number of nitrogens with zero attached hydrogens (tertiary/aromatic N) is 1. The van der Waals surface area contributed by atoms with Crippen LogP contribution in [-0.4, -0.2) is 17.0 Å². The lowest BCUT2D eigenvalue weighted by Crippen LogP contribution is -2.34. The number of aromatic nitrogens is 1. The number of carboxylic acids is 1. The van der Waals surface area contributed by atoms with Gasteiger partial charge in [0.1, 0.15) is 6.42 Å². The molecule has 3 aromatic rings. The van der Waals surface area contributed by atoms with Gasteiger partial charge in [0.25, 0.3) is 0 Å². The molecule has 0 atom stereocenters. The van der Waals surface area contributed by atoms with Gasteiger partial charge in [0, 0.05) is 22.3 Å². The maximum absolute atomic E-state index is 12.5. The van der Waals surface area contributed by atoms with E-state index in [2.05, 4.69) is 5.32 Å². The van der Waals surface area contributed by atoms with Crippen LogP contribution in [0.15, 0.2) is 60.8 Å². The molecule has 1 aromatic heterocycles. The highest BCUT2D eigenvalue weighted by Crippen LogP contribution is 2.44. The van der Waals surface area contributed by atoms with Crippen LogP contribution in [0.1, 0.15) is 40.4 Å². The molecule has 2 N–H and O–H groups in total. The van der Waals surface area contributed by atoms with E-state index in [1.54, 1.807) is 6.07 Å². The van der Waals surface area contributed by atoms with Crippen molar-refractivity contribution in [2.24, 2.45) is 0 Å². The van der Waals surface area contributed by atoms with E-state index in [1.807, 2.05) is 24.3 Å². The van der Waals surface area contributed by atoms with Gasteiger partial charge in [-0.3, -0.25) is 4.79 Å². The molecule has 1 aliphatic carbocycles. The number of rotatable bonds is 6. The number of nitrogens with one attached hydrogen (secondary N) is 1. The van der Waals surface area contributed by atoms with Crippen LogP contribution in [0.4, 0.5) is 5.69 Å². The summed E-state index contributed by atoms with van der Waals surface area (Å²) in [6.45, 7) is 0. The molecule has 4 rings (SSSR count). The lowest BCUT2D eigenvalue weighted by molar-refractivity contribution is -0.612. The Morgan fingerprint density at radius 3 is 2.47 bits per heavy atom. The number of halogens is 1. The summed E-state index contributed by atoms with van der Waals surface area (Å²) in [5.74, 6) is -0.892. The average molecular weight is 423 g/mol. The van der Waals surface area contributed by atoms with Gasteiger partial charge in [-0.1, -0.05) is 17.7 Å². The van der Waals surface area contributed by atoms with Crippen molar-refractivity contribution in [3.63, 3.8) is 0 Å². The van der Waals surface area contributed by atoms with Gasteiger partial charge in [-0.25, -0.2) is 4.79 Å². The second-order valence-corrected chi connectivity index (χ2v) is 7.78. The Bertz CT molecular complexity index is 1120. The number of carbonyl (C=O) groups excluding carboxylic acids is 1. The van der Waals surface area contributed by atoms with Crippen molar-refractivity contribution >= 4 is 29.2 Å². The largest absolute Gasteiger partial charge is 0.618 e. The Morgan fingerprint density at radius 2 is 1.83 bits per heavy atom. The molecule has 1 fully saturated rings. The van der Waals surface area contributed by atoms with Gasteiger partial charge in [0.2, 0.25) is 11.6 Å². The van der Waals surface area contributed by atoms with Crippen molar-refractivity contribution in [1.29, 1.82) is 0 Å². The van der Waals surface area contributed by atoms with Crippen LogP contribution in [0.2, 0.25) is 5.02 Å². The fourth-order valence-electron chi connectivity index (χ4n) is 3.40. The Kier molecular flexibility index (Phi) is 5.42. The fourth-order valence-corrected chi connectivity index (χ4v) is 3.57. The zero-order chi connectivity index (χ0) is 21.3. The summed E-state index contributed by atoms with van der Waals surface area (Å²) < 4.78 is 0.708. The van der Waals surface area contributed by atoms with E-state index in [1.165, 1.54) is 36.0 Å². The third-order valence-electron chi connectivity index (χ3n) is 5.10. The molecule has 0 saturated heterocycles. The Morgan fingerprint density at radius 1 is 1.10 bits per heavy atom. The summed E-state index contributed by atoms with van der Waals surface area (Å²) in [6, 6.07) is 15.1. The van der Waals surface area contributed by atoms with Crippen LogP contribution >= 0.6 is 11.6 Å². The highest BCUT2D eigenvalue weighted by molar-refractivity contribution is 6.30. The molecular weight excluding hydrogens is 404 g/mol. The monoisotopic (exact) mass is 422 g/mol. The Labute approximate surface area is 178 Å². The zero-order valence-corrected chi connectivity index (χ0v) is 16.7. The first-order valence-corrected chi connectivity index (χ1v) is 9.93. The molecule has 2 aromatic carbocycles. The summed E-state index contributed by atoms with van der Waals surface area (Å²) in [5.41, 5.74) is 3.81. The molecule has 1 saturated carbocycles. The van der Waals surface area contributed by atoms with Gasteiger partial charge >= 0.3 is 5.97 Å². The predicted molar refractivity (Wildman–Crippen MR) is 114 cm³/mol. The van der Waals surface area contributed by atoms with Gasteiger partial charge in [0.05, 0.1) is 5.56 Å². The summed E-state index contributed by atoms with van der Waals surface area (Å²) in [6.07, 6.45) is 3.65. The molecule has 0 unspecified atom stereocenters. The van der Waals surface area contributed by atoms with E-state index >= 15 is 0 Å². The molecule has 1 amide bonds. The normalized spacial score (nSPS) is 13.1. The molecule has 6 nitrogen and oxygen atoms in total. The third-order valence-corrected chi connectivity index (χ3v) is 5.33. The molecular formula is C23H19ClN2O4. The number of hydrogen-bond acceptors (Lipinski definition) is 3. The maximum Gasteiger partial charge on any atom is 0.335 e. The van der Waals surface area contributed by atoms with Crippen molar-refractivity contribution < 1.29 is 19.4 Å². The summed E-state index contributed by atoms with van der Waals surface area (Å²) in [5, 5.41) is 24.7. The number of aromatic carboxylic acids is 1. The first-order chi connectivity index (χ1) is 14.4. The zero-order valence-electron chi connectivity index (χ0n) is 16.0. The predicted octanol–water partition coefficient (Wildman–Crippen LogP) is 4.40. The SMILES string of the molecule is O=C(Cc1ccc(-c2cc(Cl)ccc2C2CC2)c[n+]1[O-])Nc1ccc(C(=O)O)cc1. The van der Waals surface area contributed by atoms with E-state index in [0.29, 0.717) is 27.1 Å². The van der Waals surface area contributed by atoms with Gasteiger partial charge < -0.3 is 15.6 Å². The van der Waals surface area contributed by atoms with Crippen LogP contribution in [0.25, 0.3) is 11.1 Å². The van der Waals surface area contributed by atoms with Crippen molar-refractivity contribution in [2.75, 3.05) is 5.32 Å². The van der Waals surface area contributed by atoms with Crippen molar-refractivity contribution in [3.8, 4) is 11.1 Å². The minimum absolute atomic E-state index is 0.102. The molecule has 1 heterocycles. The smallest absolute Gasteiger partial charge is 0.335 e. The average Bonchev–Trinajstić information content (AvgIpc) is 3.55.